The van der Waals surface area contributed by atoms with Gasteiger partial charge in [0, 0.05) is 12.1 Å². The van der Waals surface area contributed by atoms with Crippen LogP contribution in [0.4, 0.5) is 10.1 Å². The van der Waals surface area contributed by atoms with Crippen molar-refractivity contribution in [2.75, 3.05) is 31.1 Å². The van der Waals surface area contributed by atoms with E-state index >= 15 is 0 Å². The molecule has 2 aromatic carbocycles. The number of sulfone groups is 1. The van der Waals surface area contributed by atoms with Crippen LogP contribution in [-0.2, 0) is 15.7 Å². The zero-order valence-corrected chi connectivity index (χ0v) is 20.7. The number of halogens is 1. The van der Waals surface area contributed by atoms with Crippen molar-refractivity contribution in [3.8, 4) is 0 Å². The molecule has 0 amide bonds. The van der Waals surface area contributed by atoms with Crippen LogP contribution in [0, 0.1) is 18.7 Å². The third-order valence-electron chi connectivity index (χ3n) is 6.34. The van der Waals surface area contributed by atoms with E-state index < -0.39 is 9.84 Å². The van der Waals surface area contributed by atoms with Crippen molar-refractivity contribution < 1.29 is 17.7 Å². The van der Waals surface area contributed by atoms with E-state index in [0.717, 1.165) is 43.9 Å². The van der Waals surface area contributed by atoms with Crippen LogP contribution in [0.3, 0.4) is 0 Å². The van der Waals surface area contributed by atoms with Crippen molar-refractivity contribution in [3.05, 3.63) is 65.7 Å². The van der Waals surface area contributed by atoms with E-state index in [1.54, 1.807) is 24.3 Å². The lowest BCUT2D eigenvalue weighted by Crippen LogP contribution is -3.15. The van der Waals surface area contributed by atoms with Gasteiger partial charge in [0.25, 0.3) is 0 Å². The third-order valence-corrected chi connectivity index (χ3v) is 7.92. The summed E-state index contributed by atoms with van der Waals surface area (Å²) in [5, 5.41) is 12.2. The molecule has 1 atom stereocenters. The topological polar surface area (TPSA) is 85.4 Å². The van der Waals surface area contributed by atoms with E-state index in [1.807, 2.05) is 19.1 Å². The lowest BCUT2D eigenvalue weighted by molar-refractivity contribution is -0.934. The van der Waals surface area contributed by atoms with Gasteiger partial charge in [-0.2, -0.15) is 0 Å². The summed E-state index contributed by atoms with van der Waals surface area (Å²) in [7, 11) is -3.59. The van der Waals surface area contributed by atoms with Crippen molar-refractivity contribution in [3.63, 3.8) is 0 Å². The molecule has 10 heteroatoms. The minimum atomic E-state index is -3.59. The smallest absolute Gasteiger partial charge is 0.210 e. The molecule has 0 spiro atoms. The van der Waals surface area contributed by atoms with Gasteiger partial charge in [-0.1, -0.05) is 31.5 Å². The number of quaternary nitrogens is 1. The van der Waals surface area contributed by atoms with Crippen LogP contribution in [-0.4, -0.2) is 54.8 Å². The highest BCUT2D eigenvalue weighted by molar-refractivity contribution is 7.90. The molecule has 0 saturated carbocycles. The molecule has 34 heavy (non-hydrogen) atoms. The highest BCUT2D eigenvalue weighted by Crippen LogP contribution is 2.21. The number of aromatic nitrogens is 4. The molecule has 3 aromatic rings. The SMILES string of the molecule is Cc1ccc(S(=O)(=O)Cn2nnnc2[C@@H](CC(C)C)[NH+]2CCN(c3ccc(F)cc3)CC2)cc1. The van der Waals surface area contributed by atoms with Crippen molar-refractivity contribution in [2.24, 2.45) is 5.92 Å². The number of nitrogens with zero attached hydrogens (tertiary/aromatic N) is 5. The van der Waals surface area contributed by atoms with Crippen LogP contribution >= 0.6 is 0 Å². The highest BCUT2D eigenvalue weighted by atomic mass is 32.2. The lowest BCUT2D eigenvalue weighted by Gasteiger charge is -2.37. The molecule has 1 fully saturated rings. The maximum atomic E-state index is 13.3. The number of hydrogen-bond acceptors (Lipinski definition) is 6. The minimum absolute atomic E-state index is 0.0152. The molecule has 8 nitrogen and oxygen atoms in total. The van der Waals surface area contributed by atoms with Crippen LogP contribution in [0.15, 0.2) is 53.4 Å². The Morgan fingerprint density at radius 2 is 1.68 bits per heavy atom. The minimum Gasteiger partial charge on any atom is -0.360 e. The van der Waals surface area contributed by atoms with Gasteiger partial charge in [0.15, 0.2) is 21.8 Å². The molecule has 2 heterocycles. The summed E-state index contributed by atoms with van der Waals surface area (Å²) in [5.74, 6) is 0.473. The Bertz CT molecular complexity index is 1190. The number of hydrogen-bond donors (Lipinski definition) is 1. The van der Waals surface area contributed by atoms with E-state index in [2.05, 4.69) is 34.3 Å². The molecular weight excluding hydrogens is 455 g/mol. The largest absolute Gasteiger partial charge is 0.360 e. The van der Waals surface area contributed by atoms with Gasteiger partial charge in [-0.05, 0) is 59.7 Å². The van der Waals surface area contributed by atoms with Gasteiger partial charge in [0.1, 0.15) is 5.82 Å². The first kappa shape index (κ1) is 24.3. The first-order valence-corrected chi connectivity index (χ1v) is 13.3. The fourth-order valence-electron chi connectivity index (χ4n) is 4.51. The number of tetrazole rings is 1. The Morgan fingerprint density at radius 3 is 2.29 bits per heavy atom. The van der Waals surface area contributed by atoms with Crippen molar-refractivity contribution in [1.82, 2.24) is 20.2 Å². The molecule has 1 aliphatic heterocycles. The van der Waals surface area contributed by atoms with Crippen LogP contribution in [0.5, 0.6) is 0 Å². The number of piperazine rings is 1. The van der Waals surface area contributed by atoms with E-state index in [4.69, 9.17) is 0 Å². The number of rotatable bonds is 8. The lowest BCUT2D eigenvalue weighted by atomic mass is 10.0. The molecule has 1 aromatic heterocycles. The maximum absolute atomic E-state index is 13.3. The molecule has 0 radical (unpaired) electrons. The Morgan fingerprint density at radius 1 is 1.03 bits per heavy atom. The van der Waals surface area contributed by atoms with Gasteiger partial charge in [-0.3, -0.25) is 0 Å². The van der Waals surface area contributed by atoms with E-state index in [9.17, 15) is 12.8 Å². The Hall–Kier alpha value is -2.85. The molecule has 1 N–H and O–H groups in total. The maximum Gasteiger partial charge on any atom is 0.210 e. The molecular formula is C24H32FN6O2S+. The number of benzene rings is 2. The summed E-state index contributed by atoms with van der Waals surface area (Å²) < 4.78 is 40.8. The monoisotopic (exact) mass is 487 g/mol. The summed E-state index contributed by atoms with van der Waals surface area (Å²) >= 11 is 0. The average molecular weight is 488 g/mol. The quantitative estimate of drug-likeness (QED) is 0.524. The van der Waals surface area contributed by atoms with Crippen molar-refractivity contribution in [2.45, 2.75) is 44.0 Å². The van der Waals surface area contributed by atoms with Gasteiger partial charge in [0.05, 0.1) is 31.1 Å². The van der Waals surface area contributed by atoms with E-state index in [0.29, 0.717) is 11.7 Å². The third kappa shape index (κ3) is 5.61. The number of nitrogens with one attached hydrogen (secondary N) is 1. The Kier molecular flexibility index (Phi) is 7.27. The first-order chi connectivity index (χ1) is 16.2. The zero-order chi connectivity index (χ0) is 24.3. The van der Waals surface area contributed by atoms with Gasteiger partial charge < -0.3 is 9.80 Å². The molecule has 0 aliphatic carbocycles. The van der Waals surface area contributed by atoms with Gasteiger partial charge >= 0.3 is 0 Å². The van der Waals surface area contributed by atoms with Gasteiger partial charge in [-0.25, -0.2) is 17.5 Å². The van der Waals surface area contributed by atoms with Crippen LogP contribution < -0.4 is 9.80 Å². The van der Waals surface area contributed by atoms with Gasteiger partial charge in [-0.15, -0.1) is 5.10 Å². The molecule has 0 bridgehead atoms. The fraction of sp³-hybridized carbons (Fsp3) is 0.458. The molecule has 182 valence electrons. The molecule has 0 unspecified atom stereocenters. The zero-order valence-electron chi connectivity index (χ0n) is 19.9. The fourth-order valence-corrected chi connectivity index (χ4v) is 5.72. The second kappa shape index (κ2) is 10.2. The van der Waals surface area contributed by atoms with E-state index in [-0.39, 0.29) is 22.6 Å². The summed E-state index contributed by atoms with van der Waals surface area (Å²) in [6, 6.07) is 13.4. The Labute approximate surface area is 200 Å². The highest BCUT2D eigenvalue weighted by Gasteiger charge is 2.34. The second-order valence-corrected chi connectivity index (χ2v) is 11.4. The van der Waals surface area contributed by atoms with Crippen molar-refractivity contribution >= 4 is 15.5 Å². The summed E-state index contributed by atoms with van der Waals surface area (Å²) in [4.78, 5) is 3.84. The number of aryl methyl sites for hydroxylation is 1. The standard InChI is InChI=1S/C24H31FN6O2S/c1-18(2)16-23(30-14-12-29(13-15-30)21-8-6-20(25)7-9-21)24-26-27-28-31(24)17-34(32,33)22-10-4-19(3)5-11-22/h4-11,18,23H,12-17H2,1-3H3/p+1/t23-/m1/s1. The summed E-state index contributed by atoms with van der Waals surface area (Å²) in [6.07, 6.45) is 0.844. The van der Waals surface area contributed by atoms with E-state index in [1.165, 1.54) is 21.7 Å². The van der Waals surface area contributed by atoms with Crippen LogP contribution in [0.1, 0.15) is 37.7 Å². The first-order valence-electron chi connectivity index (χ1n) is 11.6. The van der Waals surface area contributed by atoms with Crippen LogP contribution in [0.2, 0.25) is 0 Å². The summed E-state index contributed by atoms with van der Waals surface area (Å²) in [6.45, 7) is 9.57. The Balaban J connectivity index is 1.52. The summed E-state index contributed by atoms with van der Waals surface area (Å²) in [5.41, 5.74) is 2.01. The average Bonchev–Trinajstić information content (AvgIpc) is 3.25. The predicted molar refractivity (Wildman–Crippen MR) is 128 cm³/mol. The number of anilines is 1. The van der Waals surface area contributed by atoms with Crippen LogP contribution in [0.25, 0.3) is 0 Å². The van der Waals surface area contributed by atoms with Crippen molar-refractivity contribution in [1.29, 1.82) is 0 Å². The van der Waals surface area contributed by atoms with Gasteiger partial charge in [0.2, 0.25) is 5.82 Å². The predicted octanol–water partition coefficient (Wildman–Crippen LogP) is 2.04. The molecule has 1 aliphatic rings. The normalized spacial score (nSPS) is 16.2. The molecule has 4 rings (SSSR count). The second-order valence-electron chi connectivity index (χ2n) is 9.40. The molecule has 1 saturated heterocycles.